The predicted molar refractivity (Wildman–Crippen MR) is 66.3 cm³/mol. The summed E-state index contributed by atoms with van der Waals surface area (Å²) in [5.41, 5.74) is 6.64. The highest BCUT2D eigenvalue weighted by molar-refractivity contribution is 6.30. The molecule has 0 bridgehead atoms. The minimum absolute atomic E-state index is 0.0573. The average molecular weight is 237 g/mol. The fourth-order valence-electron chi connectivity index (χ4n) is 1.11. The SMILES string of the molecule is CCC(=O)Nc1ccc(Cl)cc1C#CCN. The van der Waals surface area contributed by atoms with Crippen molar-refractivity contribution >= 4 is 23.2 Å². The zero-order chi connectivity index (χ0) is 12.0. The molecule has 0 unspecified atom stereocenters. The summed E-state index contributed by atoms with van der Waals surface area (Å²) >= 11 is 5.85. The normalized spacial score (nSPS) is 9.19. The van der Waals surface area contributed by atoms with E-state index in [4.69, 9.17) is 17.3 Å². The number of hydrogen-bond acceptors (Lipinski definition) is 2. The predicted octanol–water partition coefficient (Wildman–Crippen LogP) is 2.00. The Kier molecular flexibility index (Phi) is 4.84. The van der Waals surface area contributed by atoms with Crippen molar-refractivity contribution in [2.24, 2.45) is 5.73 Å². The van der Waals surface area contributed by atoms with Crippen LogP contribution in [0.2, 0.25) is 5.02 Å². The maximum Gasteiger partial charge on any atom is 0.224 e. The van der Waals surface area contributed by atoms with Crippen molar-refractivity contribution in [2.45, 2.75) is 13.3 Å². The van der Waals surface area contributed by atoms with Gasteiger partial charge in [-0.15, -0.1) is 0 Å². The lowest BCUT2D eigenvalue weighted by Gasteiger charge is -2.06. The molecule has 1 aromatic carbocycles. The standard InChI is InChI=1S/C12H13ClN2O/c1-2-12(16)15-11-6-5-10(13)8-9(11)4-3-7-14/h5-6,8H,2,7,14H2,1H3,(H,15,16). The molecule has 0 radical (unpaired) electrons. The van der Waals surface area contributed by atoms with Crippen LogP contribution >= 0.6 is 11.6 Å². The van der Waals surface area contributed by atoms with Gasteiger partial charge in [0.05, 0.1) is 12.2 Å². The Bertz CT molecular complexity index is 446. The first-order valence-electron chi connectivity index (χ1n) is 4.95. The number of halogens is 1. The van der Waals surface area contributed by atoms with E-state index in [0.717, 1.165) is 0 Å². The van der Waals surface area contributed by atoms with Gasteiger partial charge in [-0.05, 0) is 18.2 Å². The number of nitrogens with two attached hydrogens (primary N) is 1. The molecule has 1 amide bonds. The van der Waals surface area contributed by atoms with Gasteiger partial charge in [-0.25, -0.2) is 0 Å². The number of carbonyl (C=O) groups is 1. The molecule has 0 aliphatic rings. The molecule has 4 heteroatoms. The van der Waals surface area contributed by atoms with Crippen LogP contribution in [0.3, 0.4) is 0 Å². The van der Waals surface area contributed by atoms with Gasteiger partial charge in [0.15, 0.2) is 0 Å². The first kappa shape index (κ1) is 12.6. The minimum atomic E-state index is -0.0573. The van der Waals surface area contributed by atoms with Gasteiger partial charge in [0.25, 0.3) is 0 Å². The Hall–Kier alpha value is -1.50. The summed E-state index contributed by atoms with van der Waals surface area (Å²) in [5.74, 6) is 5.54. The van der Waals surface area contributed by atoms with Crippen LogP contribution in [0.1, 0.15) is 18.9 Å². The van der Waals surface area contributed by atoms with Crippen molar-refractivity contribution in [3.05, 3.63) is 28.8 Å². The number of benzene rings is 1. The van der Waals surface area contributed by atoms with E-state index in [1.807, 2.05) is 0 Å². The monoisotopic (exact) mass is 236 g/mol. The molecule has 0 saturated carbocycles. The van der Waals surface area contributed by atoms with E-state index in [-0.39, 0.29) is 12.5 Å². The zero-order valence-electron chi connectivity index (χ0n) is 9.01. The summed E-state index contributed by atoms with van der Waals surface area (Å²) in [7, 11) is 0. The maximum atomic E-state index is 11.3. The highest BCUT2D eigenvalue weighted by atomic mass is 35.5. The second-order valence-corrected chi connectivity index (χ2v) is 3.53. The zero-order valence-corrected chi connectivity index (χ0v) is 9.77. The summed E-state index contributed by atoms with van der Waals surface area (Å²) < 4.78 is 0. The summed E-state index contributed by atoms with van der Waals surface area (Å²) in [6.07, 6.45) is 0.423. The third kappa shape index (κ3) is 3.58. The highest BCUT2D eigenvalue weighted by Crippen LogP contribution is 2.19. The van der Waals surface area contributed by atoms with Crippen molar-refractivity contribution < 1.29 is 4.79 Å². The molecule has 1 rings (SSSR count). The Morgan fingerprint density at radius 1 is 1.56 bits per heavy atom. The lowest BCUT2D eigenvalue weighted by Crippen LogP contribution is -2.10. The lowest BCUT2D eigenvalue weighted by atomic mass is 10.1. The van der Waals surface area contributed by atoms with Crippen molar-refractivity contribution in [3.63, 3.8) is 0 Å². The number of anilines is 1. The molecule has 0 atom stereocenters. The van der Waals surface area contributed by atoms with Crippen LogP contribution in [-0.2, 0) is 4.79 Å². The van der Waals surface area contributed by atoms with E-state index in [1.54, 1.807) is 25.1 Å². The summed E-state index contributed by atoms with van der Waals surface area (Å²) in [6, 6.07) is 5.15. The van der Waals surface area contributed by atoms with Gasteiger partial charge in [-0.2, -0.15) is 0 Å². The summed E-state index contributed by atoms with van der Waals surface area (Å²) in [5, 5.41) is 3.33. The Balaban J connectivity index is 3.02. The molecule has 84 valence electrons. The Morgan fingerprint density at radius 2 is 2.31 bits per heavy atom. The first-order chi connectivity index (χ1) is 7.67. The maximum absolute atomic E-state index is 11.3. The molecular weight excluding hydrogens is 224 g/mol. The first-order valence-corrected chi connectivity index (χ1v) is 5.33. The van der Waals surface area contributed by atoms with Crippen LogP contribution in [0, 0.1) is 11.8 Å². The number of carbonyl (C=O) groups excluding carboxylic acids is 1. The van der Waals surface area contributed by atoms with E-state index in [0.29, 0.717) is 22.7 Å². The molecule has 0 heterocycles. The van der Waals surface area contributed by atoms with E-state index in [1.165, 1.54) is 0 Å². The molecule has 16 heavy (non-hydrogen) atoms. The van der Waals surface area contributed by atoms with Gasteiger partial charge in [-0.1, -0.05) is 30.4 Å². The van der Waals surface area contributed by atoms with E-state index in [9.17, 15) is 4.79 Å². The third-order valence-electron chi connectivity index (χ3n) is 1.90. The molecular formula is C12H13ClN2O. The van der Waals surface area contributed by atoms with E-state index >= 15 is 0 Å². The third-order valence-corrected chi connectivity index (χ3v) is 2.14. The molecule has 1 aromatic rings. The van der Waals surface area contributed by atoms with Gasteiger partial charge in [0, 0.05) is 17.0 Å². The fourth-order valence-corrected chi connectivity index (χ4v) is 1.29. The molecule has 0 saturated heterocycles. The van der Waals surface area contributed by atoms with Crippen LogP contribution in [0.5, 0.6) is 0 Å². The van der Waals surface area contributed by atoms with Gasteiger partial charge in [-0.3, -0.25) is 4.79 Å². The number of amides is 1. The van der Waals surface area contributed by atoms with Crippen LogP contribution in [0.4, 0.5) is 5.69 Å². The summed E-state index contributed by atoms with van der Waals surface area (Å²) in [4.78, 5) is 11.3. The van der Waals surface area contributed by atoms with Crippen LogP contribution in [0.15, 0.2) is 18.2 Å². The topological polar surface area (TPSA) is 55.1 Å². The summed E-state index contributed by atoms with van der Waals surface area (Å²) in [6.45, 7) is 2.06. The molecule has 0 fully saturated rings. The molecule has 0 aromatic heterocycles. The lowest BCUT2D eigenvalue weighted by molar-refractivity contribution is -0.115. The second-order valence-electron chi connectivity index (χ2n) is 3.10. The molecule has 3 nitrogen and oxygen atoms in total. The van der Waals surface area contributed by atoms with E-state index < -0.39 is 0 Å². The van der Waals surface area contributed by atoms with Gasteiger partial charge in [0.2, 0.25) is 5.91 Å². The second kappa shape index (κ2) is 6.16. The van der Waals surface area contributed by atoms with Gasteiger partial charge >= 0.3 is 0 Å². The Labute approximate surface area is 100.0 Å². The molecule has 0 spiro atoms. The van der Waals surface area contributed by atoms with Crippen molar-refractivity contribution in [2.75, 3.05) is 11.9 Å². The Morgan fingerprint density at radius 3 is 2.94 bits per heavy atom. The van der Waals surface area contributed by atoms with Crippen LogP contribution < -0.4 is 11.1 Å². The van der Waals surface area contributed by atoms with Crippen LogP contribution in [-0.4, -0.2) is 12.5 Å². The van der Waals surface area contributed by atoms with Gasteiger partial charge < -0.3 is 11.1 Å². The van der Waals surface area contributed by atoms with Crippen molar-refractivity contribution in [1.82, 2.24) is 0 Å². The fraction of sp³-hybridized carbons (Fsp3) is 0.250. The number of rotatable bonds is 2. The average Bonchev–Trinajstić information content (AvgIpc) is 2.29. The number of nitrogens with one attached hydrogen (secondary N) is 1. The smallest absolute Gasteiger partial charge is 0.224 e. The van der Waals surface area contributed by atoms with Crippen LogP contribution in [0.25, 0.3) is 0 Å². The molecule has 3 N–H and O–H groups in total. The van der Waals surface area contributed by atoms with E-state index in [2.05, 4.69) is 17.2 Å². The van der Waals surface area contributed by atoms with Gasteiger partial charge in [0.1, 0.15) is 0 Å². The minimum Gasteiger partial charge on any atom is -0.325 e. The molecule has 0 aliphatic carbocycles. The number of hydrogen-bond donors (Lipinski definition) is 2. The largest absolute Gasteiger partial charge is 0.325 e. The molecule has 0 aliphatic heterocycles. The van der Waals surface area contributed by atoms with Crippen molar-refractivity contribution in [1.29, 1.82) is 0 Å². The highest BCUT2D eigenvalue weighted by Gasteiger charge is 2.04. The van der Waals surface area contributed by atoms with Crippen molar-refractivity contribution in [3.8, 4) is 11.8 Å². The quantitative estimate of drug-likeness (QED) is 0.772.